The molecule has 0 amide bonds. The second kappa shape index (κ2) is 8.35. The highest BCUT2D eigenvalue weighted by atomic mass is 32.2. The van der Waals surface area contributed by atoms with E-state index in [9.17, 15) is 14.9 Å². The number of benzene rings is 2. The molecule has 1 aliphatic rings. The van der Waals surface area contributed by atoms with E-state index < -0.39 is 4.92 Å². The van der Waals surface area contributed by atoms with Crippen molar-refractivity contribution in [3.8, 4) is 0 Å². The van der Waals surface area contributed by atoms with Gasteiger partial charge in [0.15, 0.2) is 11.0 Å². The summed E-state index contributed by atoms with van der Waals surface area (Å²) >= 11 is 1.66. The second-order valence-electron chi connectivity index (χ2n) is 6.47. The van der Waals surface area contributed by atoms with Crippen molar-refractivity contribution in [3.63, 3.8) is 0 Å². The van der Waals surface area contributed by atoms with Gasteiger partial charge in [0.1, 0.15) is 0 Å². The monoisotopic (exact) mass is 383 g/mol. The first-order valence-corrected chi connectivity index (χ1v) is 9.74. The number of hydrogen-bond acceptors (Lipinski definition) is 6. The highest BCUT2D eigenvalue weighted by Crippen LogP contribution is 2.27. The molecule has 140 valence electrons. The van der Waals surface area contributed by atoms with Crippen molar-refractivity contribution in [2.75, 3.05) is 23.7 Å². The van der Waals surface area contributed by atoms with Crippen molar-refractivity contribution in [1.29, 1.82) is 0 Å². The molecule has 0 unspecified atom stereocenters. The molecule has 1 aliphatic heterocycles. The van der Waals surface area contributed by atoms with Gasteiger partial charge >= 0.3 is 0 Å². The fourth-order valence-electron chi connectivity index (χ4n) is 2.98. The van der Waals surface area contributed by atoms with Crippen LogP contribution in [0.1, 0.15) is 27.9 Å². The van der Waals surface area contributed by atoms with Crippen LogP contribution in [0.25, 0.3) is 0 Å². The van der Waals surface area contributed by atoms with Crippen LogP contribution in [-0.4, -0.2) is 34.7 Å². The summed E-state index contributed by atoms with van der Waals surface area (Å²) in [5, 5.41) is 11.7. The minimum atomic E-state index is -0.469. The first-order chi connectivity index (χ1) is 13.0. The van der Waals surface area contributed by atoms with E-state index >= 15 is 0 Å². The number of ketones is 1. The molecule has 0 aromatic heterocycles. The molecule has 0 saturated carbocycles. The Balaban J connectivity index is 1.89. The number of aliphatic imine (C=N–C) groups is 1. The number of rotatable bonds is 5. The smallest absolute Gasteiger partial charge is 0.269 e. The normalized spacial score (nSPS) is 13.8. The summed E-state index contributed by atoms with van der Waals surface area (Å²) in [5.74, 6) is 0.880. The molecular formula is C20H21N3O3S. The van der Waals surface area contributed by atoms with E-state index in [1.54, 1.807) is 11.8 Å². The maximum Gasteiger partial charge on any atom is 0.269 e. The van der Waals surface area contributed by atoms with E-state index in [1.807, 2.05) is 30.9 Å². The lowest BCUT2D eigenvalue weighted by atomic mass is 10.1. The van der Waals surface area contributed by atoms with Gasteiger partial charge in [0.05, 0.1) is 11.5 Å². The quantitative estimate of drug-likeness (QED) is 0.435. The molecule has 0 fully saturated rings. The van der Waals surface area contributed by atoms with Gasteiger partial charge in [-0.1, -0.05) is 29.5 Å². The average Bonchev–Trinajstić information content (AvgIpc) is 2.67. The van der Waals surface area contributed by atoms with Crippen LogP contribution in [0.4, 0.5) is 11.4 Å². The third kappa shape index (κ3) is 4.54. The minimum Gasteiger partial charge on any atom is -0.313 e. The van der Waals surface area contributed by atoms with Crippen LogP contribution in [0.5, 0.6) is 0 Å². The van der Waals surface area contributed by atoms with Crippen molar-refractivity contribution in [2.24, 2.45) is 4.99 Å². The van der Waals surface area contributed by atoms with Crippen molar-refractivity contribution in [3.05, 3.63) is 69.3 Å². The van der Waals surface area contributed by atoms with E-state index in [-0.39, 0.29) is 18.0 Å². The molecule has 0 aliphatic carbocycles. The van der Waals surface area contributed by atoms with Gasteiger partial charge in [0, 0.05) is 35.7 Å². The molecule has 6 nitrogen and oxygen atoms in total. The van der Waals surface area contributed by atoms with Crippen LogP contribution in [0.2, 0.25) is 0 Å². The molecule has 0 spiro atoms. The maximum atomic E-state index is 12.9. The van der Waals surface area contributed by atoms with Gasteiger partial charge in [-0.25, -0.2) is 0 Å². The number of non-ortho nitro benzene ring substituents is 1. The number of anilines is 1. The number of nitro benzene ring substituents is 1. The lowest BCUT2D eigenvalue weighted by Gasteiger charge is -2.28. The summed E-state index contributed by atoms with van der Waals surface area (Å²) in [7, 11) is 0. The van der Waals surface area contributed by atoms with Gasteiger partial charge < -0.3 is 4.90 Å². The molecule has 0 bridgehead atoms. The third-order valence-electron chi connectivity index (χ3n) is 4.36. The lowest BCUT2D eigenvalue weighted by molar-refractivity contribution is -0.384. The highest BCUT2D eigenvalue weighted by molar-refractivity contribution is 8.14. The SMILES string of the molecule is Cc1ccc(N(CC(=O)c2ccc([N+](=O)[O-])cc2)C2=NCCCS2)c(C)c1. The fourth-order valence-corrected chi connectivity index (χ4v) is 3.94. The summed E-state index contributed by atoms with van der Waals surface area (Å²) in [6, 6.07) is 11.9. The molecule has 7 heteroatoms. The molecule has 0 saturated heterocycles. The molecular weight excluding hydrogens is 362 g/mol. The zero-order valence-electron chi connectivity index (χ0n) is 15.3. The topological polar surface area (TPSA) is 75.8 Å². The van der Waals surface area contributed by atoms with E-state index in [1.165, 1.54) is 24.3 Å². The summed E-state index contributed by atoms with van der Waals surface area (Å²) in [6.45, 7) is 4.97. The maximum absolute atomic E-state index is 12.9. The second-order valence-corrected chi connectivity index (χ2v) is 7.53. The largest absolute Gasteiger partial charge is 0.313 e. The number of thioether (sulfide) groups is 1. The van der Waals surface area contributed by atoms with Gasteiger partial charge in [0.2, 0.25) is 0 Å². The predicted molar refractivity (Wildman–Crippen MR) is 110 cm³/mol. The Kier molecular flexibility index (Phi) is 5.91. The molecule has 27 heavy (non-hydrogen) atoms. The number of nitrogens with zero attached hydrogens (tertiary/aromatic N) is 3. The number of hydrogen-bond donors (Lipinski definition) is 0. The third-order valence-corrected chi connectivity index (χ3v) is 5.46. The summed E-state index contributed by atoms with van der Waals surface area (Å²) in [5.41, 5.74) is 3.64. The minimum absolute atomic E-state index is 0.0232. The van der Waals surface area contributed by atoms with Gasteiger partial charge in [-0.15, -0.1) is 0 Å². The van der Waals surface area contributed by atoms with Crippen molar-refractivity contribution in [1.82, 2.24) is 0 Å². The molecule has 2 aromatic rings. The first kappa shape index (κ1) is 19.1. The van der Waals surface area contributed by atoms with Crippen LogP contribution in [0, 0.1) is 24.0 Å². The molecule has 2 aromatic carbocycles. The lowest BCUT2D eigenvalue weighted by Crippen LogP contribution is -2.36. The van der Waals surface area contributed by atoms with Crippen LogP contribution in [-0.2, 0) is 0 Å². The van der Waals surface area contributed by atoms with Gasteiger partial charge in [-0.05, 0) is 44.0 Å². The van der Waals surface area contributed by atoms with Crippen molar-refractivity contribution >= 4 is 34.1 Å². The standard InChI is InChI=1S/C20H21N3O3S/c1-14-4-9-18(15(2)12-14)22(20-21-10-3-11-27-20)13-19(24)16-5-7-17(8-6-16)23(25)26/h4-9,12H,3,10-11,13H2,1-2H3. The molecule has 0 N–H and O–H groups in total. The predicted octanol–water partition coefficient (Wildman–Crippen LogP) is 4.39. The van der Waals surface area contributed by atoms with Crippen molar-refractivity contribution in [2.45, 2.75) is 20.3 Å². The van der Waals surface area contributed by atoms with E-state index in [2.05, 4.69) is 11.1 Å². The number of carbonyl (C=O) groups excluding carboxylic acids is 1. The Morgan fingerprint density at radius 1 is 1.22 bits per heavy atom. The molecule has 1 heterocycles. The fraction of sp³-hybridized carbons (Fsp3) is 0.300. The Hall–Kier alpha value is -2.67. The summed E-state index contributed by atoms with van der Waals surface area (Å²) in [6.07, 6.45) is 1.03. The zero-order chi connectivity index (χ0) is 19.4. The number of amidine groups is 1. The molecule has 0 radical (unpaired) electrons. The highest BCUT2D eigenvalue weighted by Gasteiger charge is 2.22. The Labute approximate surface area is 162 Å². The average molecular weight is 383 g/mol. The van der Waals surface area contributed by atoms with Crippen LogP contribution in [0.15, 0.2) is 47.5 Å². The van der Waals surface area contributed by atoms with E-state index in [4.69, 9.17) is 0 Å². The number of carbonyl (C=O) groups is 1. The van der Waals surface area contributed by atoms with E-state index in [0.717, 1.165) is 40.7 Å². The molecule has 3 rings (SSSR count). The first-order valence-electron chi connectivity index (χ1n) is 8.75. The van der Waals surface area contributed by atoms with Gasteiger partial charge in [-0.3, -0.25) is 19.9 Å². The van der Waals surface area contributed by atoms with Crippen LogP contribution in [0.3, 0.4) is 0 Å². The zero-order valence-corrected chi connectivity index (χ0v) is 16.2. The Bertz CT molecular complexity index is 894. The summed E-state index contributed by atoms with van der Waals surface area (Å²) < 4.78 is 0. The van der Waals surface area contributed by atoms with Crippen molar-refractivity contribution < 1.29 is 9.72 Å². The Morgan fingerprint density at radius 2 is 1.96 bits per heavy atom. The number of nitro groups is 1. The number of Topliss-reactive ketones (excluding diaryl/α,β-unsaturated/α-hetero) is 1. The van der Waals surface area contributed by atoms with E-state index in [0.29, 0.717) is 5.56 Å². The molecule has 0 atom stereocenters. The Morgan fingerprint density at radius 3 is 2.56 bits per heavy atom. The summed E-state index contributed by atoms with van der Waals surface area (Å²) in [4.78, 5) is 29.8. The van der Waals surface area contributed by atoms with Gasteiger partial charge in [0.25, 0.3) is 5.69 Å². The van der Waals surface area contributed by atoms with Crippen LogP contribution >= 0.6 is 11.8 Å². The van der Waals surface area contributed by atoms with Gasteiger partial charge in [-0.2, -0.15) is 0 Å². The van der Waals surface area contributed by atoms with Crippen LogP contribution < -0.4 is 4.90 Å². The number of aryl methyl sites for hydroxylation is 2.